The highest BCUT2D eigenvalue weighted by Crippen LogP contribution is 2.32. The largest absolute Gasteiger partial charge is 0.444 e. The van der Waals surface area contributed by atoms with Crippen molar-refractivity contribution in [1.82, 2.24) is 29.5 Å². The van der Waals surface area contributed by atoms with Crippen LogP contribution in [0.1, 0.15) is 57.7 Å². The molecule has 0 radical (unpaired) electrons. The van der Waals surface area contributed by atoms with Crippen molar-refractivity contribution in [2.45, 2.75) is 77.2 Å². The molecule has 1 saturated carbocycles. The van der Waals surface area contributed by atoms with Gasteiger partial charge in [0, 0.05) is 12.1 Å². The monoisotopic (exact) mass is 649 g/mol. The highest BCUT2D eigenvalue weighted by molar-refractivity contribution is 5.83. The first-order valence-corrected chi connectivity index (χ1v) is 15.0. The number of amides is 2. The summed E-state index contributed by atoms with van der Waals surface area (Å²) in [5, 5.41) is 10.1. The maximum absolute atomic E-state index is 14.0. The molecule has 2 aromatic carbocycles. The van der Waals surface area contributed by atoms with Gasteiger partial charge < -0.3 is 15.4 Å². The number of aromatic nitrogens is 4. The van der Waals surface area contributed by atoms with Crippen molar-refractivity contribution < 1.29 is 27.5 Å². The van der Waals surface area contributed by atoms with Gasteiger partial charge in [0.25, 0.3) is 0 Å². The van der Waals surface area contributed by atoms with Crippen molar-refractivity contribution in [1.29, 1.82) is 0 Å². The molecule has 14 heteroatoms. The minimum Gasteiger partial charge on any atom is -0.444 e. The number of carbonyl (C=O) groups is 2. The van der Waals surface area contributed by atoms with Gasteiger partial charge in [0.15, 0.2) is 5.69 Å². The summed E-state index contributed by atoms with van der Waals surface area (Å²) in [6.07, 6.45) is -1.56. The first-order valence-electron chi connectivity index (χ1n) is 15.0. The molecule has 2 amide bonds. The average molecular weight is 650 g/mol. The first-order chi connectivity index (χ1) is 22.2. The second-order valence-corrected chi connectivity index (χ2v) is 12.3. The van der Waals surface area contributed by atoms with Crippen LogP contribution in [0.25, 0.3) is 27.6 Å². The standard InChI is InChI=1S/C33H34F3N7O4/c1-20-28(27-17-18-38-43(27)25-15-13-22(37-5)14-16-25)42(31(46)41(20)26-8-6-7-21(19-26)33(34,35)36)29(44)39-23-9-11-24(12-10-23)40-30(45)47-32(2,3)4/h6-8,13-19,23-24H,9-12H2,1-4H3,(H,39,44)(H,40,45). The zero-order valence-electron chi connectivity index (χ0n) is 26.3. The zero-order valence-corrected chi connectivity index (χ0v) is 26.3. The van der Waals surface area contributed by atoms with Gasteiger partial charge in [-0.3, -0.25) is 4.57 Å². The van der Waals surface area contributed by atoms with E-state index < -0.39 is 35.2 Å². The van der Waals surface area contributed by atoms with Gasteiger partial charge >= 0.3 is 24.0 Å². The SMILES string of the molecule is [C-]#[N+]c1ccc(-n2nccc2-c2c(C)n(-c3cccc(C(F)(F)F)c3)c(=O)n2C(=O)NC2CCC(NC(=O)OC(C)(C)C)CC2)cc1. The van der Waals surface area contributed by atoms with E-state index in [1.54, 1.807) is 58.0 Å². The number of halogens is 3. The van der Waals surface area contributed by atoms with Crippen LogP contribution in [0.3, 0.4) is 0 Å². The lowest BCUT2D eigenvalue weighted by molar-refractivity contribution is -0.137. The van der Waals surface area contributed by atoms with Gasteiger partial charge in [-0.1, -0.05) is 18.2 Å². The molecule has 5 rings (SSSR count). The van der Waals surface area contributed by atoms with Crippen molar-refractivity contribution >= 4 is 17.8 Å². The third kappa shape index (κ3) is 7.24. The molecule has 0 aliphatic heterocycles. The van der Waals surface area contributed by atoms with Crippen LogP contribution in [0, 0.1) is 13.5 Å². The quantitative estimate of drug-likeness (QED) is 0.232. The van der Waals surface area contributed by atoms with Crippen LogP contribution in [0.15, 0.2) is 65.6 Å². The van der Waals surface area contributed by atoms with Crippen LogP contribution in [-0.2, 0) is 10.9 Å². The van der Waals surface area contributed by atoms with Gasteiger partial charge in [-0.05, 0) is 89.8 Å². The number of imidazole rings is 1. The molecule has 0 saturated heterocycles. The summed E-state index contributed by atoms with van der Waals surface area (Å²) in [4.78, 5) is 43.6. The summed E-state index contributed by atoms with van der Waals surface area (Å²) in [6, 6.07) is 11.2. The Balaban J connectivity index is 1.50. The van der Waals surface area contributed by atoms with Gasteiger partial charge in [-0.25, -0.2) is 28.5 Å². The lowest BCUT2D eigenvalue weighted by atomic mass is 9.91. The first kappa shape index (κ1) is 33.1. The Morgan fingerprint density at radius 1 is 0.957 bits per heavy atom. The molecule has 1 fully saturated rings. The number of alkyl carbamates (subject to hydrolysis) is 1. The molecule has 1 aliphatic carbocycles. The minimum atomic E-state index is -4.65. The van der Waals surface area contributed by atoms with E-state index in [9.17, 15) is 27.6 Å². The molecular weight excluding hydrogens is 615 g/mol. The number of ether oxygens (including phenoxy) is 1. The Morgan fingerprint density at radius 2 is 1.60 bits per heavy atom. The normalized spacial score (nSPS) is 16.7. The van der Waals surface area contributed by atoms with E-state index in [1.165, 1.54) is 23.0 Å². The van der Waals surface area contributed by atoms with E-state index in [2.05, 4.69) is 20.6 Å². The van der Waals surface area contributed by atoms with Gasteiger partial charge in [-0.15, -0.1) is 0 Å². The second kappa shape index (κ2) is 12.8. The lowest BCUT2D eigenvalue weighted by Gasteiger charge is -2.30. The van der Waals surface area contributed by atoms with E-state index >= 15 is 0 Å². The fourth-order valence-electron chi connectivity index (χ4n) is 5.67. The molecule has 0 spiro atoms. The smallest absolute Gasteiger partial charge is 0.416 e. The molecule has 0 bridgehead atoms. The Bertz CT molecular complexity index is 1880. The van der Waals surface area contributed by atoms with E-state index in [4.69, 9.17) is 11.3 Å². The summed E-state index contributed by atoms with van der Waals surface area (Å²) < 4.78 is 49.7. The van der Waals surface area contributed by atoms with Gasteiger partial charge in [0.05, 0.1) is 41.1 Å². The Hall–Kier alpha value is -5.32. The highest BCUT2D eigenvalue weighted by Gasteiger charge is 2.33. The number of rotatable bonds is 5. The van der Waals surface area contributed by atoms with E-state index in [-0.39, 0.29) is 29.2 Å². The van der Waals surface area contributed by atoms with E-state index in [0.29, 0.717) is 42.8 Å². The van der Waals surface area contributed by atoms with Crippen LogP contribution in [0.5, 0.6) is 0 Å². The molecule has 2 aromatic heterocycles. The fourth-order valence-corrected chi connectivity index (χ4v) is 5.67. The van der Waals surface area contributed by atoms with Crippen molar-refractivity contribution in [3.8, 4) is 22.8 Å². The van der Waals surface area contributed by atoms with Crippen LogP contribution < -0.4 is 16.3 Å². The van der Waals surface area contributed by atoms with Crippen LogP contribution >= 0.6 is 0 Å². The van der Waals surface area contributed by atoms with Gasteiger partial charge in [0.1, 0.15) is 11.3 Å². The summed E-state index contributed by atoms with van der Waals surface area (Å²) in [6.45, 7) is 14.1. The third-order valence-corrected chi connectivity index (χ3v) is 7.80. The van der Waals surface area contributed by atoms with Crippen LogP contribution in [-0.4, -0.2) is 48.7 Å². The second-order valence-electron chi connectivity index (χ2n) is 12.3. The van der Waals surface area contributed by atoms with Crippen LogP contribution in [0.2, 0.25) is 0 Å². The Kier molecular flexibility index (Phi) is 9.02. The maximum Gasteiger partial charge on any atom is 0.416 e. The number of benzene rings is 2. The minimum absolute atomic E-state index is 0.0590. The molecule has 47 heavy (non-hydrogen) atoms. The van der Waals surface area contributed by atoms with Crippen LogP contribution in [0.4, 0.5) is 28.4 Å². The average Bonchev–Trinajstić information content (AvgIpc) is 3.58. The van der Waals surface area contributed by atoms with Crippen molar-refractivity contribution in [2.75, 3.05) is 0 Å². The number of nitrogens with zero attached hydrogens (tertiary/aromatic N) is 5. The zero-order chi connectivity index (χ0) is 34.1. The third-order valence-electron chi connectivity index (χ3n) is 7.80. The topological polar surface area (TPSA) is 117 Å². The summed E-state index contributed by atoms with van der Waals surface area (Å²) in [7, 11) is 0. The molecule has 11 nitrogen and oxygen atoms in total. The molecule has 2 heterocycles. The summed E-state index contributed by atoms with van der Waals surface area (Å²) >= 11 is 0. The number of nitrogens with one attached hydrogen (secondary N) is 2. The molecule has 4 aromatic rings. The fraction of sp³-hybridized carbons (Fsp3) is 0.364. The Labute approximate surface area is 268 Å². The molecule has 0 atom stereocenters. The number of carbonyl (C=O) groups excluding carboxylic acids is 2. The van der Waals surface area contributed by atoms with E-state index in [1.807, 2.05) is 0 Å². The molecule has 1 aliphatic rings. The highest BCUT2D eigenvalue weighted by atomic mass is 19.4. The van der Waals surface area contributed by atoms with Gasteiger partial charge in [0.2, 0.25) is 0 Å². The van der Waals surface area contributed by atoms with Crippen molar-refractivity contribution in [3.05, 3.63) is 94.0 Å². The molecule has 2 N–H and O–H groups in total. The number of hydrogen-bond donors (Lipinski definition) is 2. The molecule has 0 unspecified atom stereocenters. The van der Waals surface area contributed by atoms with E-state index in [0.717, 1.165) is 21.3 Å². The predicted molar refractivity (Wildman–Crippen MR) is 168 cm³/mol. The number of alkyl halides is 3. The summed E-state index contributed by atoms with van der Waals surface area (Å²) in [5.74, 6) is 0. The number of hydrogen-bond acceptors (Lipinski definition) is 5. The molecule has 246 valence electrons. The predicted octanol–water partition coefficient (Wildman–Crippen LogP) is 6.76. The molecular formula is C33H34F3N7O4. The van der Waals surface area contributed by atoms with Gasteiger partial charge in [-0.2, -0.15) is 18.3 Å². The van der Waals surface area contributed by atoms with Crippen molar-refractivity contribution in [3.63, 3.8) is 0 Å². The lowest BCUT2D eigenvalue weighted by Crippen LogP contribution is -2.47. The maximum atomic E-state index is 14.0. The summed E-state index contributed by atoms with van der Waals surface area (Å²) in [5.41, 5.74) is -0.865. The van der Waals surface area contributed by atoms with Crippen molar-refractivity contribution in [2.24, 2.45) is 0 Å². The Morgan fingerprint density at radius 3 is 2.19 bits per heavy atom.